The van der Waals surface area contributed by atoms with E-state index in [-0.39, 0.29) is 6.42 Å². The number of Topliss-reactive ketones (excluding diaryl/α,β-unsaturated/α-hetero) is 4. The number of benzene rings is 1. The number of aliphatic hydroxyl groups is 1. The van der Waals surface area contributed by atoms with Crippen LogP contribution >= 0.6 is 0 Å². The van der Waals surface area contributed by atoms with E-state index in [1.165, 1.54) is 4.90 Å². The summed E-state index contributed by atoms with van der Waals surface area (Å²) in [4.78, 5) is 69.1. The number of amides is 1. The zero-order chi connectivity index (χ0) is 24.6. The Labute approximate surface area is 191 Å². The Balaban J connectivity index is 1.89. The van der Waals surface area contributed by atoms with Crippen molar-refractivity contribution in [2.75, 3.05) is 33.1 Å². The Hall–Kier alpha value is -2.91. The summed E-state index contributed by atoms with van der Waals surface area (Å²) in [6.07, 6.45) is 0.520. The summed E-state index contributed by atoms with van der Waals surface area (Å²) in [5, 5.41) is 11.6. The molecule has 4 rings (SSSR count). The van der Waals surface area contributed by atoms with Crippen LogP contribution < -0.4 is 10.6 Å². The predicted octanol–water partition coefficient (Wildman–Crippen LogP) is -0.464. The Kier molecular flexibility index (Phi) is 5.33. The van der Waals surface area contributed by atoms with Crippen LogP contribution in [-0.4, -0.2) is 78.9 Å². The van der Waals surface area contributed by atoms with Gasteiger partial charge in [0.15, 0.2) is 34.7 Å². The van der Waals surface area contributed by atoms with Crippen LogP contribution in [0.15, 0.2) is 12.1 Å². The molecule has 0 heterocycles. The lowest BCUT2D eigenvalue weighted by atomic mass is 9.52. The second-order valence-electron chi connectivity index (χ2n) is 9.94. The second kappa shape index (κ2) is 7.56. The molecule has 1 amide bonds. The molecule has 9 nitrogen and oxygen atoms in total. The number of carbonyl (C=O) groups is 5. The van der Waals surface area contributed by atoms with E-state index in [1.54, 1.807) is 21.0 Å². The molecule has 1 aromatic carbocycles. The zero-order valence-corrected chi connectivity index (χ0v) is 19.4. The van der Waals surface area contributed by atoms with Crippen molar-refractivity contribution in [2.24, 2.45) is 29.4 Å². The Morgan fingerprint density at radius 1 is 1.09 bits per heavy atom. The molecule has 0 aliphatic heterocycles. The largest absolute Gasteiger partial charge is 0.377 e. The summed E-state index contributed by atoms with van der Waals surface area (Å²) in [5.41, 5.74) is 5.56. The van der Waals surface area contributed by atoms with Gasteiger partial charge in [-0.3, -0.25) is 28.9 Å². The molecule has 176 valence electrons. The van der Waals surface area contributed by atoms with Crippen molar-refractivity contribution in [3.8, 4) is 0 Å². The second-order valence-corrected chi connectivity index (χ2v) is 9.94. The van der Waals surface area contributed by atoms with Gasteiger partial charge in [0, 0.05) is 31.3 Å². The van der Waals surface area contributed by atoms with Crippen LogP contribution in [0.4, 0.5) is 5.69 Å². The molecule has 0 aromatic heterocycles. The van der Waals surface area contributed by atoms with Crippen molar-refractivity contribution in [3.63, 3.8) is 0 Å². The average Bonchev–Trinajstić information content (AvgIpc) is 2.70. The number of rotatable bonds is 3. The van der Waals surface area contributed by atoms with Gasteiger partial charge in [0.1, 0.15) is 0 Å². The van der Waals surface area contributed by atoms with Gasteiger partial charge in [-0.25, -0.2) is 0 Å². The van der Waals surface area contributed by atoms with E-state index >= 15 is 0 Å². The number of hydrogen-bond donors (Lipinski definition) is 2. The maximum absolute atomic E-state index is 13.7. The van der Waals surface area contributed by atoms with Gasteiger partial charge in [-0.1, -0.05) is 6.07 Å². The first-order valence-electron chi connectivity index (χ1n) is 11.0. The van der Waals surface area contributed by atoms with Gasteiger partial charge >= 0.3 is 0 Å². The number of nitrogens with zero attached hydrogens (tertiary/aromatic N) is 2. The van der Waals surface area contributed by atoms with Crippen molar-refractivity contribution in [1.82, 2.24) is 4.90 Å². The van der Waals surface area contributed by atoms with Crippen LogP contribution in [-0.2, 0) is 25.6 Å². The number of anilines is 1. The molecule has 1 aromatic rings. The van der Waals surface area contributed by atoms with E-state index in [0.717, 1.165) is 11.3 Å². The van der Waals surface area contributed by atoms with Crippen molar-refractivity contribution in [1.29, 1.82) is 0 Å². The first-order valence-corrected chi connectivity index (χ1v) is 11.0. The number of aryl methyl sites for hydroxylation is 1. The molecule has 9 heteroatoms. The lowest BCUT2D eigenvalue weighted by Gasteiger charge is -2.52. The third-order valence-electron chi connectivity index (χ3n) is 7.63. The molecule has 2 unspecified atom stereocenters. The standard InChI is InChI=1S/C24H29N3O6/c1-10-6-7-14(26(2)3)12-8-11-9-13-18(27(4)5)20(29)17(23(25)32)22(31)24(13,33)21(30)16(11)19(28)15(10)12/h6-7,11,13,16-18,33H,8-9H2,1-5H3,(H2,25,32)/t11-,13-,16?,17?,18-,24-/m0/s1. The van der Waals surface area contributed by atoms with E-state index in [9.17, 15) is 29.1 Å². The molecule has 33 heavy (non-hydrogen) atoms. The van der Waals surface area contributed by atoms with Gasteiger partial charge in [0.2, 0.25) is 5.91 Å². The maximum Gasteiger partial charge on any atom is 0.235 e. The summed E-state index contributed by atoms with van der Waals surface area (Å²) in [7, 11) is 6.91. The third-order valence-corrected chi connectivity index (χ3v) is 7.63. The average molecular weight is 456 g/mol. The first kappa shape index (κ1) is 23.3. The highest BCUT2D eigenvalue weighted by atomic mass is 16.3. The van der Waals surface area contributed by atoms with Crippen LogP contribution in [0.3, 0.4) is 0 Å². The minimum atomic E-state index is -2.62. The molecule has 2 fully saturated rings. The molecule has 2 saturated carbocycles. The highest BCUT2D eigenvalue weighted by Gasteiger charge is 2.69. The topological polar surface area (TPSA) is 138 Å². The smallest absolute Gasteiger partial charge is 0.235 e. The molecule has 0 bridgehead atoms. The summed E-state index contributed by atoms with van der Waals surface area (Å²) in [5.74, 6) is -9.17. The van der Waals surface area contributed by atoms with Crippen LogP contribution in [0.25, 0.3) is 0 Å². The predicted molar refractivity (Wildman–Crippen MR) is 119 cm³/mol. The quantitative estimate of drug-likeness (QED) is 0.584. The first-order chi connectivity index (χ1) is 15.3. The van der Waals surface area contributed by atoms with Gasteiger partial charge in [0.05, 0.1) is 12.0 Å². The number of nitrogens with two attached hydrogens (primary N) is 1. The van der Waals surface area contributed by atoms with E-state index < -0.39 is 64.4 Å². The van der Waals surface area contributed by atoms with Crippen molar-refractivity contribution in [2.45, 2.75) is 31.4 Å². The van der Waals surface area contributed by atoms with Gasteiger partial charge in [-0.05, 0) is 57.0 Å². The monoisotopic (exact) mass is 455 g/mol. The lowest BCUT2D eigenvalue weighted by molar-refractivity contribution is -0.181. The Bertz CT molecular complexity index is 1110. The van der Waals surface area contributed by atoms with Crippen LogP contribution in [0.1, 0.15) is 27.9 Å². The van der Waals surface area contributed by atoms with Crippen molar-refractivity contribution < 1.29 is 29.1 Å². The van der Waals surface area contributed by atoms with Crippen molar-refractivity contribution >= 4 is 34.7 Å². The van der Waals surface area contributed by atoms with Crippen LogP contribution in [0, 0.1) is 30.6 Å². The molecular formula is C24H29N3O6. The fourth-order valence-electron chi connectivity index (χ4n) is 6.20. The number of primary amides is 1. The number of ketones is 4. The highest BCUT2D eigenvalue weighted by Crippen LogP contribution is 2.50. The lowest BCUT2D eigenvalue weighted by Crippen LogP contribution is -2.74. The molecule has 3 aliphatic carbocycles. The molecule has 0 saturated heterocycles. The fraction of sp³-hybridized carbons (Fsp3) is 0.542. The number of hydrogen-bond acceptors (Lipinski definition) is 8. The minimum absolute atomic E-state index is 0.116. The normalized spacial score (nSPS) is 33.5. The molecule has 0 spiro atoms. The summed E-state index contributed by atoms with van der Waals surface area (Å²) in [6.45, 7) is 1.79. The molecule has 3 aliphatic rings. The Morgan fingerprint density at radius 2 is 1.73 bits per heavy atom. The number of carbonyl (C=O) groups excluding carboxylic acids is 5. The highest BCUT2D eigenvalue weighted by molar-refractivity contribution is 6.32. The zero-order valence-electron chi connectivity index (χ0n) is 19.4. The number of fused-ring (bicyclic) bond motifs is 3. The SMILES string of the molecule is Cc1ccc(N(C)C)c2c1C(=O)C1C(=O)[C@]3(O)C(=O)C(C(N)=O)C(=O)[C@@H](N(C)C)[C@@H]3C[C@@H]1C2. The molecule has 0 radical (unpaired) electrons. The van der Waals surface area contributed by atoms with Crippen molar-refractivity contribution in [3.05, 3.63) is 28.8 Å². The van der Waals surface area contributed by atoms with Crippen LogP contribution in [0.2, 0.25) is 0 Å². The summed E-state index contributed by atoms with van der Waals surface area (Å²) < 4.78 is 0. The van der Waals surface area contributed by atoms with E-state index in [4.69, 9.17) is 5.73 Å². The van der Waals surface area contributed by atoms with Gasteiger partial charge in [-0.15, -0.1) is 0 Å². The Morgan fingerprint density at radius 3 is 2.27 bits per heavy atom. The van der Waals surface area contributed by atoms with E-state index in [2.05, 4.69) is 0 Å². The van der Waals surface area contributed by atoms with Gasteiger partial charge in [-0.2, -0.15) is 0 Å². The van der Waals surface area contributed by atoms with Gasteiger partial charge in [0.25, 0.3) is 0 Å². The maximum atomic E-state index is 13.7. The van der Waals surface area contributed by atoms with E-state index in [0.29, 0.717) is 17.5 Å². The minimum Gasteiger partial charge on any atom is -0.377 e. The molecular weight excluding hydrogens is 426 g/mol. The van der Waals surface area contributed by atoms with Crippen LogP contribution in [0.5, 0.6) is 0 Å². The molecule has 6 atom stereocenters. The summed E-state index contributed by atoms with van der Waals surface area (Å²) in [6, 6.07) is 2.68. The van der Waals surface area contributed by atoms with E-state index in [1.807, 2.05) is 31.1 Å². The summed E-state index contributed by atoms with van der Waals surface area (Å²) >= 11 is 0. The third kappa shape index (κ3) is 3.02. The van der Waals surface area contributed by atoms with Gasteiger partial charge < -0.3 is 15.7 Å². The molecule has 3 N–H and O–H groups in total. The number of likely N-dealkylation sites (N-methyl/N-ethyl adjacent to an activating group) is 1. The fourth-order valence-corrected chi connectivity index (χ4v) is 6.20.